The molecule has 1 amide bonds. The standard InChI is InChI=1S/C34H35ClN10O4S2.2ClH/c1-19(43-30(46)27(38)3-2-12-42-34(40)41)33(47)49-14-13-48-24-10-6-20(7-11-24)28-25(15-36)29(39)45-32(26(28)16-37)51-18-23-17-50-31(44-23)21-4-8-22(35)9-5-21;;/h4-11,17,19,27H,2-3,12-14,18,38H2,1H3,(H2,39,45)(H,43,46)(H4,40,41,42);2*1H/t19-,27-;;/m0../s1. The van der Waals surface area contributed by atoms with E-state index in [1.165, 1.54) is 30.0 Å². The molecule has 2 atom stereocenters. The molecule has 9 N–H and O–H groups in total. The number of nitrogen functional groups attached to an aromatic ring is 1. The number of guanidine groups is 1. The summed E-state index contributed by atoms with van der Waals surface area (Å²) in [5.41, 5.74) is 25.6. The molecule has 0 unspecified atom stereocenters. The van der Waals surface area contributed by atoms with Crippen LogP contribution in [0.3, 0.4) is 0 Å². The Kier molecular flexibility index (Phi) is 18.1. The summed E-state index contributed by atoms with van der Waals surface area (Å²) in [6, 6.07) is 16.7. The number of nitrogens with one attached hydrogen (secondary N) is 1. The fourth-order valence-corrected chi connectivity index (χ4v) is 6.55. The molecule has 2 aromatic carbocycles. The van der Waals surface area contributed by atoms with Gasteiger partial charge in [-0.05, 0) is 49.6 Å². The van der Waals surface area contributed by atoms with Crippen LogP contribution in [-0.4, -0.2) is 59.6 Å². The first-order chi connectivity index (χ1) is 24.5. The molecule has 2 aromatic heterocycles. The van der Waals surface area contributed by atoms with Crippen molar-refractivity contribution in [1.82, 2.24) is 15.3 Å². The molecule has 0 bridgehead atoms. The number of aliphatic imine (C=N–C) groups is 1. The number of hydrogen-bond acceptors (Lipinski definition) is 13. The van der Waals surface area contributed by atoms with E-state index in [1.807, 2.05) is 17.5 Å². The number of nitriles is 2. The molecule has 0 saturated carbocycles. The Morgan fingerprint density at radius 3 is 2.32 bits per heavy atom. The molecule has 4 aromatic rings. The molecule has 2 heterocycles. The Morgan fingerprint density at radius 1 is 1.02 bits per heavy atom. The van der Waals surface area contributed by atoms with Crippen molar-refractivity contribution >= 4 is 83.2 Å². The average molecular weight is 820 g/mol. The maximum Gasteiger partial charge on any atom is 0.328 e. The molecule has 280 valence electrons. The van der Waals surface area contributed by atoms with Gasteiger partial charge >= 0.3 is 5.97 Å². The second-order valence-corrected chi connectivity index (χ2v) is 13.2. The minimum Gasteiger partial charge on any atom is -0.490 e. The topological polar surface area (TPSA) is 254 Å². The highest BCUT2D eigenvalue weighted by Crippen LogP contribution is 2.37. The first kappa shape index (κ1) is 44.4. The van der Waals surface area contributed by atoms with Crippen molar-refractivity contribution < 1.29 is 19.1 Å². The number of hydrogen-bond donors (Lipinski definition) is 5. The first-order valence-corrected chi connectivity index (χ1v) is 17.7. The minimum atomic E-state index is -0.923. The SMILES string of the molecule is C[C@H](NC(=O)[C@@H](N)CCCN=C(N)N)C(=O)OCCOc1ccc(-c2c(C#N)c(N)nc(SCc3csc(-c4ccc(Cl)cc4)n3)c2C#N)cc1.Cl.Cl. The predicted molar refractivity (Wildman–Crippen MR) is 212 cm³/mol. The van der Waals surface area contributed by atoms with E-state index in [-0.39, 0.29) is 60.9 Å². The van der Waals surface area contributed by atoms with Crippen molar-refractivity contribution in [3.8, 4) is 39.6 Å². The van der Waals surface area contributed by atoms with Gasteiger partial charge in [0.1, 0.15) is 58.6 Å². The van der Waals surface area contributed by atoms with Crippen molar-refractivity contribution in [2.24, 2.45) is 22.2 Å². The van der Waals surface area contributed by atoms with E-state index >= 15 is 0 Å². The molecule has 0 radical (unpaired) electrons. The van der Waals surface area contributed by atoms with Crippen molar-refractivity contribution in [1.29, 1.82) is 10.5 Å². The number of esters is 1. The third kappa shape index (κ3) is 12.7. The third-order valence-corrected chi connectivity index (χ3v) is 9.37. The molecular weight excluding hydrogens is 783 g/mol. The van der Waals surface area contributed by atoms with Gasteiger partial charge in [-0.2, -0.15) is 10.5 Å². The fraction of sp³-hybridized carbons (Fsp3) is 0.265. The summed E-state index contributed by atoms with van der Waals surface area (Å²) in [5.74, 6) is -0.298. The molecule has 4 rings (SSSR count). The average Bonchev–Trinajstić information content (AvgIpc) is 3.60. The Bertz CT molecular complexity index is 1960. The summed E-state index contributed by atoms with van der Waals surface area (Å²) >= 11 is 8.80. The fourth-order valence-electron chi connectivity index (χ4n) is 4.61. The number of thiazole rings is 1. The Labute approximate surface area is 332 Å². The van der Waals surface area contributed by atoms with E-state index in [0.717, 1.165) is 16.3 Å². The van der Waals surface area contributed by atoms with Crippen molar-refractivity contribution in [2.75, 3.05) is 25.5 Å². The number of nitrogens with two attached hydrogens (primary N) is 4. The molecule has 0 saturated heterocycles. The summed E-state index contributed by atoms with van der Waals surface area (Å²) in [4.78, 5) is 37.6. The van der Waals surface area contributed by atoms with Crippen LogP contribution in [0.25, 0.3) is 21.7 Å². The summed E-state index contributed by atoms with van der Waals surface area (Å²) in [7, 11) is 0. The van der Waals surface area contributed by atoms with E-state index in [1.54, 1.807) is 36.4 Å². The van der Waals surface area contributed by atoms with Gasteiger partial charge < -0.3 is 37.7 Å². The summed E-state index contributed by atoms with van der Waals surface area (Å²) in [6.07, 6.45) is 0.836. The van der Waals surface area contributed by atoms with Crippen LogP contribution in [0, 0.1) is 22.7 Å². The highest BCUT2D eigenvalue weighted by atomic mass is 35.5. The number of anilines is 1. The lowest BCUT2D eigenvalue weighted by atomic mass is 9.97. The maximum atomic E-state index is 12.4. The van der Waals surface area contributed by atoms with Crippen LogP contribution in [0.5, 0.6) is 5.75 Å². The van der Waals surface area contributed by atoms with Crippen molar-refractivity contribution in [2.45, 2.75) is 42.6 Å². The van der Waals surface area contributed by atoms with E-state index < -0.39 is 24.0 Å². The predicted octanol–water partition coefficient (Wildman–Crippen LogP) is 4.79. The van der Waals surface area contributed by atoms with Crippen LogP contribution in [0.1, 0.15) is 36.6 Å². The molecule has 0 aliphatic heterocycles. The molecule has 53 heavy (non-hydrogen) atoms. The highest BCUT2D eigenvalue weighted by Gasteiger charge is 2.22. The monoisotopic (exact) mass is 818 g/mol. The van der Waals surface area contributed by atoms with E-state index in [9.17, 15) is 20.1 Å². The number of pyridine rings is 1. The van der Waals surface area contributed by atoms with Gasteiger partial charge in [0.2, 0.25) is 5.91 Å². The number of carbonyl (C=O) groups excluding carboxylic acids is 2. The highest BCUT2D eigenvalue weighted by molar-refractivity contribution is 7.98. The largest absolute Gasteiger partial charge is 0.490 e. The minimum absolute atomic E-state index is 0. The lowest BCUT2D eigenvalue weighted by molar-refractivity contribution is -0.148. The molecule has 19 heteroatoms. The van der Waals surface area contributed by atoms with Crippen LogP contribution >= 0.6 is 59.5 Å². The number of thioether (sulfide) groups is 1. The van der Waals surface area contributed by atoms with Gasteiger partial charge in [0.15, 0.2) is 5.96 Å². The molecule has 0 aliphatic carbocycles. The molecular formula is C34H37Cl3N10O4S2. The van der Waals surface area contributed by atoms with Gasteiger partial charge in [-0.3, -0.25) is 9.79 Å². The molecule has 0 spiro atoms. The smallest absolute Gasteiger partial charge is 0.328 e. The molecule has 0 aliphatic rings. The van der Waals surface area contributed by atoms with Crippen molar-refractivity contribution in [3.05, 3.63) is 75.8 Å². The Hall–Kier alpha value is -4.81. The first-order valence-electron chi connectivity index (χ1n) is 15.5. The summed E-state index contributed by atoms with van der Waals surface area (Å²) in [5, 5.41) is 26.4. The second kappa shape index (κ2) is 21.7. The van der Waals surface area contributed by atoms with E-state index in [0.29, 0.717) is 52.1 Å². The Morgan fingerprint density at radius 2 is 1.68 bits per heavy atom. The number of carbonyl (C=O) groups is 2. The normalized spacial score (nSPS) is 11.3. The zero-order chi connectivity index (χ0) is 36.9. The van der Waals surface area contributed by atoms with Crippen LogP contribution < -0.4 is 33.0 Å². The summed E-state index contributed by atoms with van der Waals surface area (Å²) < 4.78 is 10.9. The Balaban J connectivity index is 0.00000486. The summed E-state index contributed by atoms with van der Waals surface area (Å²) in [6.45, 7) is 1.78. The zero-order valence-electron chi connectivity index (χ0n) is 28.3. The zero-order valence-corrected chi connectivity index (χ0v) is 32.3. The maximum absolute atomic E-state index is 12.4. The number of nitrogens with zero attached hydrogens (tertiary/aromatic N) is 5. The van der Waals surface area contributed by atoms with Gasteiger partial charge in [0.05, 0.1) is 17.3 Å². The van der Waals surface area contributed by atoms with Gasteiger partial charge in [-0.25, -0.2) is 14.8 Å². The van der Waals surface area contributed by atoms with Gasteiger partial charge in [0, 0.05) is 33.8 Å². The third-order valence-electron chi connectivity index (χ3n) is 7.17. The quantitative estimate of drug-likeness (QED) is 0.0335. The van der Waals surface area contributed by atoms with E-state index in [4.69, 9.17) is 49.0 Å². The van der Waals surface area contributed by atoms with Crippen LogP contribution in [-0.2, 0) is 20.1 Å². The number of ether oxygens (including phenoxy) is 2. The number of rotatable bonds is 16. The van der Waals surface area contributed by atoms with Crippen LogP contribution in [0.4, 0.5) is 5.82 Å². The van der Waals surface area contributed by atoms with Gasteiger partial charge in [-0.1, -0.05) is 47.6 Å². The number of halogens is 3. The number of amides is 1. The number of benzene rings is 2. The van der Waals surface area contributed by atoms with Crippen LogP contribution in [0.2, 0.25) is 5.02 Å². The second-order valence-electron chi connectivity index (χ2n) is 10.9. The van der Waals surface area contributed by atoms with E-state index in [2.05, 4.69) is 27.4 Å². The van der Waals surface area contributed by atoms with Crippen LogP contribution in [0.15, 0.2) is 63.9 Å². The lowest BCUT2D eigenvalue weighted by Crippen LogP contribution is -2.47. The molecule has 0 fully saturated rings. The van der Waals surface area contributed by atoms with Crippen molar-refractivity contribution in [3.63, 3.8) is 0 Å². The van der Waals surface area contributed by atoms with Gasteiger partial charge in [0.25, 0.3) is 0 Å². The molecule has 14 nitrogen and oxygen atoms in total. The van der Waals surface area contributed by atoms with Gasteiger partial charge in [-0.15, -0.1) is 36.2 Å². The lowest BCUT2D eigenvalue weighted by Gasteiger charge is -2.17. The number of aromatic nitrogens is 2.